The van der Waals surface area contributed by atoms with E-state index in [4.69, 9.17) is 5.11 Å². The van der Waals surface area contributed by atoms with Gasteiger partial charge in [0.1, 0.15) is 0 Å². The number of aromatic carboxylic acids is 1. The molecule has 1 heterocycles. The van der Waals surface area contributed by atoms with E-state index in [1.165, 1.54) is 0 Å². The first kappa shape index (κ1) is 11.9. The lowest BCUT2D eigenvalue weighted by molar-refractivity contribution is -0.384. The van der Waals surface area contributed by atoms with Gasteiger partial charge in [0.2, 0.25) is 5.82 Å². The lowest BCUT2D eigenvalue weighted by Crippen LogP contribution is -2.09. The number of rotatable bonds is 5. The van der Waals surface area contributed by atoms with Crippen molar-refractivity contribution in [1.29, 1.82) is 0 Å². The fourth-order valence-corrected chi connectivity index (χ4v) is 1.09. The Morgan fingerprint density at radius 1 is 1.62 bits per heavy atom. The van der Waals surface area contributed by atoms with Crippen molar-refractivity contribution in [2.24, 2.45) is 0 Å². The van der Waals surface area contributed by atoms with E-state index in [1.54, 1.807) is 0 Å². The number of pyridine rings is 1. The minimum atomic E-state index is -1.21. The SMILES string of the molecule is CCCNc1nc(C(=O)O)ccc1[N+](=O)[O-]. The van der Waals surface area contributed by atoms with Crippen molar-refractivity contribution in [3.05, 3.63) is 27.9 Å². The molecule has 0 atom stereocenters. The van der Waals surface area contributed by atoms with Crippen LogP contribution < -0.4 is 5.32 Å². The molecule has 1 aromatic rings. The van der Waals surface area contributed by atoms with Gasteiger partial charge in [-0.2, -0.15) is 0 Å². The third-order valence-electron chi connectivity index (χ3n) is 1.83. The maximum atomic E-state index is 10.6. The van der Waals surface area contributed by atoms with Gasteiger partial charge >= 0.3 is 11.7 Å². The molecule has 0 bridgehead atoms. The molecule has 0 spiro atoms. The third kappa shape index (κ3) is 2.66. The Labute approximate surface area is 91.3 Å². The normalized spacial score (nSPS) is 9.81. The smallest absolute Gasteiger partial charge is 0.354 e. The largest absolute Gasteiger partial charge is 0.477 e. The van der Waals surface area contributed by atoms with E-state index < -0.39 is 10.9 Å². The van der Waals surface area contributed by atoms with Crippen LogP contribution >= 0.6 is 0 Å². The maximum absolute atomic E-state index is 10.6. The summed E-state index contributed by atoms with van der Waals surface area (Å²) in [6, 6.07) is 2.24. The molecular formula is C9H11N3O4. The number of nitrogens with zero attached hydrogens (tertiary/aromatic N) is 2. The number of carboxylic acids is 1. The van der Waals surface area contributed by atoms with Crippen molar-refractivity contribution >= 4 is 17.5 Å². The quantitative estimate of drug-likeness (QED) is 0.581. The van der Waals surface area contributed by atoms with E-state index in [0.29, 0.717) is 6.54 Å². The summed E-state index contributed by atoms with van der Waals surface area (Å²) in [5, 5.41) is 22.1. The second kappa shape index (κ2) is 5.06. The molecular weight excluding hydrogens is 214 g/mol. The lowest BCUT2D eigenvalue weighted by atomic mass is 10.3. The van der Waals surface area contributed by atoms with Crippen LogP contribution in [0, 0.1) is 10.1 Å². The molecule has 16 heavy (non-hydrogen) atoms. The first-order chi connectivity index (χ1) is 7.56. The molecule has 0 unspecified atom stereocenters. The minimum Gasteiger partial charge on any atom is -0.477 e. The Morgan fingerprint density at radius 3 is 2.81 bits per heavy atom. The van der Waals surface area contributed by atoms with Gasteiger partial charge < -0.3 is 10.4 Å². The molecule has 0 aliphatic heterocycles. The van der Waals surface area contributed by atoms with Crippen LogP contribution in [0.3, 0.4) is 0 Å². The zero-order chi connectivity index (χ0) is 12.1. The molecule has 0 aromatic carbocycles. The Bertz CT molecular complexity index is 419. The second-order valence-electron chi connectivity index (χ2n) is 3.05. The number of nitrogens with one attached hydrogen (secondary N) is 1. The van der Waals surface area contributed by atoms with Crippen LogP contribution in [0.1, 0.15) is 23.8 Å². The highest BCUT2D eigenvalue weighted by Gasteiger charge is 2.17. The topological polar surface area (TPSA) is 105 Å². The summed E-state index contributed by atoms with van der Waals surface area (Å²) >= 11 is 0. The molecule has 0 saturated carbocycles. The average Bonchev–Trinajstić information content (AvgIpc) is 2.25. The molecule has 1 rings (SSSR count). The Balaban J connectivity index is 3.10. The van der Waals surface area contributed by atoms with Crippen molar-refractivity contribution in [1.82, 2.24) is 4.98 Å². The second-order valence-corrected chi connectivity index (χ2v) is 3.05. The van der Waals surface area contributed by atoms with Crippen LogP contribution in [0.4, 0.5) is 11.5 Å². The number of aromatic nitrogens is 1. The van der Waals surface area contributed by atoms with Gasteiger partial charge in [-0.25, -0.2) is 9.78 Å². The number of nitro groups is 1. The predicted octanol–water partition coefficient (Wildman–Crippen LogP) is 1.51. The number of anilines is 1. The highest BCUT2D eigenvalue weighted by atomic mass is 16.6. The van der Waals surface area contributed by atoms with Crippen LogP contribution in [-0.2, 0) is 0 Å². The van der Waals surface area contributed by atoms with Gasteiger partial charge in [-0.05, 0) is 12.5 Å². The van der Waals surface area contributed by atoms with Crippen LogP contribution in [0.25, 0.3) is 0 Å². The van der Waals surface area contributed by atoms with Gasteiger partial charge in [-0.1, -0.05) is 6.92 Å². The minimum absolute atomic E-state index is 0.00764. The molecule has 1 aromatic heterocycles. The molecule has 7 nitrogen and oxygen atoms in total. The van der Waals surface area contributed by atoms with Gasteiger partial charge in [0, 0.05) is 12.6 Å². The molecule has 2 N–H and O–H groups in total. The summed E-state index contributed by atoms with van der Waals surface area (Å²) in [6.45, 7) is 2.39. The van der Waals surface area contributed by atoms with Gasteiger partial charge in [0.05, 0.1) is 4.92 Å². The van der Waals surface area contributed by atoms with Crippen molar-refractivity contribution in [3.63, 3.8) is 0 Å². The van der Waals surface area contributed by atoms with Gasteiger partial charge in [-0.15, -0.1) is 0 Å². The zero-order valence-electron chi connectivity index (χ0n) is 8.64. The van der Waals surface area contributed by atoms with Crippen molar-refractivity contribution in [2.45, 2.75) is 13.3 Å². The summed E-state index contributed by atoms with van der Waals surface area (Å²) in [4.78, 5) is 24.4. The molecule has 0 amide bonds. The van der Waals surface area contributed by atoms with Crippen LogP contribution in [0.5, 0.6) is 0 Å². The van der Waals surface area contributed by atoms with Crippen molar-refractivity contribution < 1.29 is 14.8 Å². The summed E-state index contributed by atoms with van der Waals surface area (Å²) in [5.41, 5.74) is -0.442. The van der Waals surface area contributed by atoms with E-state index in [9.17, 15) is 14.9 Å². The van der Waals surface area contributed by atoms with E-state index in [-0.39, 0.29) is 17.2 Å². The molecule has 86 valence electrons. The van der Waals surface area contributed by atoms with Gasteiger partial charge in [-0.3, -0.25) is 10.1 Å². The van der Waals surface area contributed by atoms with Crippen LogP contribution in [-0.4, -0.2) is 27.5 Å². The highest BCUT2D eigenvalue weighted by Crippen LogP contribution is 2.21. The summed E-state index contributed by atoms with van der Waals surface area (Å²) in [5.74, 6) is -1.22. The Kier molecular flexibility index (Phi) is 3.76. The summed E-state index contributed by atoms with van der Waals surface area (Å²) in [7, 11) is 0. The number of hydrogen-bond acceptors (Lipinski definition) is 5. The zero-order valence-corrected chi connectivity index (χ0v) is 8.64. The van der Waals surface area contributed by atoms with Crippen molar-refractivity contribution in [3.8, 4) is 0 Å². The standard InChI is InChI=1S/C9H11N3O4/c1-2-5-10-8-7(12(15)16)4-3-6(11-8)9(13)14/h3-4H,2,5H2,1H3,(H,10,11)(H,13,14). The molecule has 7 heteroatoms. The third-order valence-corrected chi connectivity index (χ3v) is 1.83. The Morgan fingerprint density at radius 2 is 2.31 bits per heavy atom. The molecule has 0 radical (unpaired) electrons. The molecule has 0 aliphatic carbocycles. The lowest BCUT2D eigenvalue weighted by Gasteiger charge is -2.05. The van der Waals surface area contributed by atoms with Crippen LogP contribution in [0.15, 0.2) is 12.1 Å². The summed E-state index contributed by atoms with van der Waals surface area (Å²) < 4.78 is 0. The molecule has 0 saturated heterocycles. The van der Waals surface area contributed by atoms with Gasteiger partial charge in [0.15, 0.2) is 5.69 Å². The van der Waals surface area contributed by atoms with Gasteiger partial charge in [0.25, 0.3) is 0 Å². The molecule has 0 fully saturated rings. The maximum Gasteiger partial charge on any atom is 0.354 e. The Hall–Kier alpha value is -2.18. The number of hydrogen-bond donors (Lipinski definition) is 2. The van der Waals surface area contributed by atoms with E-state index in [2.05, 4.69) is 10.3 Å². The first-order valence-corrected chi connectivity index (χ1v) is 4.69. The fourth-order valence-electron chi connectivity index (χ4n) is 1.09. The number of carbonyl (C=O) groups is 1. The van der Waals surface area contributed by atoms with E-state index >= 15 is 0 Å². The highest BCUT2D eigenvalue weighted by molar-refractivity contribution is 5.86. The predicted molar refractivity (Wildman–Crippen MR) is 56.6 cm³/mol. The van der Waals surface area contributed by atoms with E-state index in [1.807, 2.05) is 6.92 Å². The number of carboxylic acid groups (broad SMARTS) is 1. The molecule has 0 aliphatic rings. The fraction of sp³-hybridized carbons (Fsp3) is 0.333. The van der Waals surface area contributed by atoms with E-state index in [0.717, 1.165) is 18.6 Å². The summed E-state index contributed by atoms with van der Waals surface area (Å²) in [6.07, 6.45) is 0.760. The van der Waals surface area contributed by atoms with Crippen LogP contribution in [0.2, 0.25) is 0 Å². The van der Waals surface area contributed by atoms with Crippen molar-refractivity contribution in [2.75, 3.05) is 11.9 Å². The monoisotopic (exact) mass is 225 g/mol. The first-order valence-electron chi connectivity index (χ1n) is 4.69. The average molecular weight is 225 g/mol.